The second-order valence-electron chi connectivity index (χ2n) is 9.75. The van der Waals surface area contributed by atoms with Gasteiger partial charge in [-0.2, -0.15) is 0 Å². The van der Waals surface area contributed by atoms with Crippen LogP contribution in [0.2, 0.25) is 5.02 Å². The third kappa shape index (κ3) is 7.43. The number of methoxy groups -OCH3 is 1. The molecule has 0 spiro atoms. The van der Waals surface area contributed by atoms with E-state index in [9.17, 15) is 9.59 Å². The van der Waals surface area contributed by atoms with Crippen LogP contribution < -0.4 is 25.2 Å². The fraction of sp³-hybridized carbons (Fsp3) is 0.333. The van der Waals surface area contributed by atoms with E-state index in [0.717, 1.165) is 56.3 Å². The summed E-state index contributed by atoms with van der Waals surface area (Å²) >= 11 is 5.96. The summed E-state index contributed by atoms with van der Waals surface area (Å²) in [5.74, 6) is 0.435. The van der Waals surface area contributed by atoms with Crippen LogP contribution in [0.25, 0.3) is 0 Å². The van der Waals surface area contributed by atoms with Gasteiger partial charge >= 0.3 is 0 Å². The van der Waals surface area contributed by atoms with E-state index in [1.54, 1.807) is 37.4 Å². The maximum Gasteiger partial charge on any atom is 0.255 e. The molecule has 0 bridgehead atoms. The highest BCUT2D eigenvalue weighted by Gasteiger charge is 2.24. The number of halogens is 1. The van der Waals surface area contributed by atoms with Crippen molar-refractivity contribution in [2.24, 2.45) is 0 Å². The first-order chi connectivity index (χ1) is 18.9. The van der Waals surface area contributed by atoms with Crippen LogP contribution in [-0.2, 0) is 0 Å². The Kier molecular flexibility index (Phi) is 9.68. The highest BCUT2D eigenvalue weighted by Crippen LogP contribution is 2.31. The molecule has 0 radical (unpaired) electrons. The number of hydrogen-bond acceptors (Lipinski definition) is 6. The molecule has 9 heteroatoms. The molecular weight excluding hydrogens is 514 g/mol. The Morgan fingerprint density at radius 3 is 2.23 bits per heavy atom. The van der Waals surface area contributed by atoms with Crippen molar-refractivity contribution in [3.8, 4) is 5.75 Å². The lowest BCUT2D eigenvalue weighted by molar-refractivity contribution is 0.0951. The summed E-state index contributed by atoms with van der Waals surface area (Å²) in [6.07, 6.45) is 0.846. The number of carbonyl (C=O) groups excluding carboxylic acids is 2. The second kappa shape index (κ2) is 13.4. The number of piperazine rings is 1. The molecule has 3 aromatic carbocycles. The van der Waals surface area contributed by atoms with E-state index in [-0.39, 0.29) is 11.8 Å². The number of anilines is 3. The van der Waals surface area contributed by atoms with Gasteiger partial charge < -0.3 is 30.1 Å². The second-order valence-corrected chi connectivity index (χ2v) is 10.2. The van der Waals surface area contributed by atoms with Gasteiger partial charge in [-0.25, -0.2) is 0 Å². The quantitative estimate of drug-likeness (QED) is 0.360. The number of nitrogens with one attached hydrogen (secondary N) is 2. The lowest BCUT2D eigenvalue weighted by Gasteiger charge is -2.38. The van der Waals surface area contributed by atoms with Gasteiger partial charge in [0.1, 0.15) is 5.75 Å². The summed E-state index contributed by atoms with van der Waals surface area (Å²) in [7, 11) is 5.71. The predicted octanol–water partition coefficient (Wildman–Crippen LogP) is 4.61. The molecule has 1 aliphatic heterocycles. The van der Waals surface area contributed by atoms with Crippen LogP contribution in [-0.4, -0.2) is 77.2 Å². The Balaban J connectivity index is 1.52. The molecule has 8 nitrogen and oxygen atoms in total. The van der Waals surface area contributed by atoms with E-state index >= 15 is 0 Å². The lowest BCUT2D eigenvalue weighted by Crippen LogP contribution is -2.47. The molecule has 0 saturated carbocycles. The van der Waals surface area contributed by atoms with Gasteiger partial charge in [0, 0.05) is 54.7 Å². The van der Waals surface area contributed by atoms with Crippen molar-refractivity contribution in [2.75, 3.05) is 75.6 Å². The van der Waals surface area contributed by atoms with Crippen LogP contribution in [0.5, 0.6) is 5.75 Å². The molecular formula is C30H36ClN5O3. The molecule has 3 aromatic rings. The molecule has 4 rings (SSSR count). The topological polar surface area (TPSA) is 77.1 Å². The molecule has 1 saturated heterocycles. The highest BCUT2D eigenvalue weighted by molar-refractivity contribution is 6.30. The van der Waals surface area contributed by atoms with Gasteiger partial charge in [-0.3, -0.25) is 9.59 Å². The van der Waals surface area contributed by atoms with E-state index in [1.165, 1.54) is 0 Å². The van der Waals surface area contributed by atoms with Crippen molar-refractivity contribution in [2.45, 2.75) is 6.42 Å². The number of para-hydroxylation sites is 2. The number of rotatable bonds is 10. The van der Waals surface area contributed by atoms with Gasteiger partial charge in [-0.15, -0.1) is 0 Å². The fourth-order valence-electron chi connectivity index (χ4n) is 4.65. The molecule has 1 aliphatic rings. The SMILES string of the molecule is COc1ccccc1N1CCN(c2ccc(NC(=O)c3ccc(Cl)cc3)cc2C(=O)NCCCN(C)C)CC1. The van der Waals surface area contributed by atoms with E-state index in [4.69, 9.17) is 16.3 Å². The molecule has 0 aromatic heterocycles. The molecule has 2 N–H and O–H groups in total. The molecule has 0 unspecified atom stereocenters. The minimum atomic E-state index is -0.262. The zero-order valence-corrected chi connectivity index (χ0v) is 23.5. The third-order valence-electron chi connectivity index (χ3n) is 6.72. The number of nitrogens with zero attached hydrogens (tertiary/aromatic N) is 3. The monoisotopic (exact) mass is 549 g/mol. The largest absolute Gasteiger partial charge is 0.495 e. The number of carbonyl (C=O) groups is 2. The van der Waals surface area contributed by atoms with E-state index < -0.39 is 0 Å². The third-order valence-corrected chi connectivity index (χ3v) is 6.97. The van der Waals surface area contributed by atoms with E-state index in [2.05, 4.69) is 31.4 Å². The van der Waals surface area contributed by atoms with Crippen molar-refractivity contribution >= 4 is 40.5 Å². The predicted molar refractivity (Wildman–Crippen MR) is 159 cm³/mol. The Morgan fingerprint density at radius 2 is 1.56 bits per heavy atom. The Bertz CT molecular complexity index is 1270. The van der Waals surface area contributed by atoms with Crippen LogP contribution in [0, 0.1) is 0 Å². The van der Waals surface area contributed by atoms with Gasteiger partial charge in [-0.05, 0) is 81.7 Å². The Morgan fingerprint density at radius 1 is 0.897 bits per heavy atom. The van der Waals surface area contributed by atoms with Crippen LogP contribution in [0.1, 0.15) is 27.1 Å². The van der Waals surface area contributed by atoms with Crippen molar-refractivity contribution < 1.29 is 14.3 Å². The smallest absolute Gasteiger partial charge is 0.255 e. The average Bonchev–Trinajstić information content (AvgIpc) is 2.95. The summed E-state index contributed by atoms with van der Waals surface area (Å²) in [5, 5.41) is 6.54. The summed E-state index contributed by atoms with van der Waals surface area (Å²) in [6.45, 7) is 4.53. The first-order valence-corrected chi connectivity index (χ1v) is 13.5. The fourth-order valence-corrected chi connectivity index (χ4v) is 4.77. The first-order valence-electron chi connectivity index (χ1n) is 13.1. The zero-order chi connectivity index (χ0) is 27.8. The van der Waals surface area contributed by atoms with Crippen LogP contribution in [0.15, 0.2) is 66.7 Å². The van der Waals surface area contributed by atoms with E-state index in [1.807, 2.05) is 44.4 Å². The zero-order valence-electron chi connectivity index (χ0n) is 22.7. The van der Waals surface area contributed by atoms with Crippen LogP contribution >= 0.6 is 11.6 Å². The lowest BCUT2D eigenvalue weighted by atomic mass is 10.1. The highest BCUT2D eigenvalue weighted by atomic mass is 35.5. The van der Waals surface area contributed by atoms with Crippen molar-refractivity contribution in [3.05, 3.63) is 82.9 Å². The molecule has 39 heavy (non-hydrogen) atoms. The average molecular weight is 550 g/mol. The van der Waals surface area contributed by atoms with Crippen molar-refractivity contribution in [1.29, 1.82) is 0 Å². The van der Waals surface area contributed by atoms with Gasteiger partial charge in [-0.1, -0.05) is 23.7 Å². The van der Waals surface area contributed by atoms with Crippen LogP contribution in [0.3, 0.4) is 0 Å². The van der Waals surface area contributed by atoms with Gasteiger partial charge in [0.25, 0.3) is 11.8 Å². The van der Waals surface area contributed by atoms with Gasteiger partial charge in [0.15, 0.2) is 0 Å². The standard InChI is InChI=1S/C30H36ClN5O3/c1-34(2)16-6-15-32-30(38)25-21-24(33-29(37)22-9-11-23(31)12-10-22)13-14-26(25)35-17-19-36(20-18-35)27-7-4-5-8-28(27)39-3/h4-5,7-14,21H,6,15-20H2,1-3H3,(H,32,38)(H,33,37). The minimum Gasteiger partial charge on any atom is -0.495 e. The van der Waals surface area contributed by atoms with Crippen LogP contribution in [0.4, 0.5) is 17.1 Å². The van der Waals surface area contributed by atoms with Gasteiger partial charge in [0.05, 0.1) is 18.4 Å². The van der Waals surface area contributed by atoms with Crippen molar-refractivity contribution in [3.63, 3.8) is 0 Å². The molecule has 0 aliphatic carbocycles. The summed E-state index contributed by atoms with van der Waals surface area (Å²) in [5.41, 5.74) is 3.51. The Labute approximate surface area is 235 Å². The molecule has 0 atom stereocenters. The summed E-state index contributed by atoms with van der Waals surface area (Å²) in [6, 6.07) is 20.2. The van der Waals surface area contributed by atoms with Crippen molar-refractivity contribution in [1.82, 2.24) is 10.2 Å². The number of ether oxygens (including phenoxy) is 1. The number of amides is 2. The minimum absolute atomic E-state index is 0.154. The molecule has 206 valence electrons. The number of benzene rings is 3. The van der Waals surface area contributed by atoms with Gasteiger partial charge in [0.2, 0.25) is 0 Å². The normalized spacial score (nSPS) is 13.4. The maximum atomic E-state index is 13.4. The van der Waals surface area contributed by atoms with E-state index in [0.29, 0.717) is 28.4 Å². The Hall–Kier alpha value is -3.75. The molecule has 1 fully saturated rings. The molecule has 1 heterocycles. The maximum absolute atomic E-state index is 13.4. The first kappa shape index (κ1) is 28.3. The molecule has 2 amide bonds. The summed E-state index contributed by atoms with van der Waals surface area (Å²) in [4.78, 5) is 32.8. The summed E-state index contributed by atoms with van der Waals surface area (Å²) < 4.78 is 5.55. The number of hydrogen-bond donors (Lipinski definition) is 2.